The predicted octanol–water partition coefficient (Wildman–Crippen LogP) is 0.874. The molecule has 6 N–H and O–H groups in total. The molecular formula is C19H23FN4O3. The highest BCUT2D eigenvalue weighted by molar-refractivity contribution is 5.94. The van der Waals surface area contributed by atoms with Gasteiger partial charge in [0.1, 0.15) is 11.6 Å². The van der Waals surface area contributed by atoms with Crippen molar-refractivity contribution in [1.29, 1.82) is 0 Å². The Morgan fingerprint density at radius 3 is 2.44 bits per heavy atom. The highest BCUT2D eigenvalue weighted by atomic mass is 19.1. The quantitative estimate of drug-likeness (QED) is 0.669. The molecule has 0 atom stereocenters. The lowest BCUT2D eigenvalue weighted by Gasteiger charge is -2.27. The van der Waals surface area contributed by atoms with Gasteiger partial charge in [-0.3, -0.25) is 16.3 Å². The van der Waals surface area contributed by atoms with Crippen LogP contribution in [-0.2, 0) is 4.74 Å². The summed E-state index contributed by atoms with van der Waals surface area (Å²) in [5.74, 6) is -1.73. The van der Waals surface area contributed by atoms with Crippen molar-refractivity contribution in [2.24, 2.45) is 17.2 Å². The second-order valence-electron chi connectivity index (χ2n) is 6.38. The van der Waals surface area contributed by atoms with Crippen molar-refractivity contribution in [2.45, 2.75) is 5.85 Å². The Kier molecular flexibility index (Phi) is 5.71. The first-order valence-corrected chi connectivity index (χ1v) is 8.63. The van der Waals surface area contributed by atoms with Gasteiger partial charge in [0, 0.05) is 24.2 Å². The summed E-state index contributed by atoms with van der Waals surface area (Å²) in [6.07, 6.45) is 0. The third-order valence-corrected chi connectivity index (χ3v) is 4.31. The Labute approximate surface area is 156 Å². The Balaban J connectivity index is 1.81. The van der Waals surface area contributed by atoms with Gasteiger partial charge in [0.2, 0.25) is 5.85 Å². The van der Waals surface area contributed by atoms with E-state index in [-0.39, 0.29) is 12.5 Å². The monoisotopic (exact) mass is 374 g/mol. The third-order valence-electron chi connectivity index (χ3n) is 4.31. The molecule has 0 aromatic heterocycles. The highest BCUT2D eigenvalue weighted by Crippen LogP contribution is 2.28. The molecule has 144 valence electrons. The smallest absolute Gasteiger partial charge is 0.254 e. The number of nitrogens with zero attached hydrogens (tertiary/aromatic N) is 1. The van der Waals surface area contributed by atoms with Crippen molar-refractivity contribution in [2.75, 3.05) is 32.8 Å². The van der Waals surface area contributed by atoms with Gasteiger partial charge in [-0.1, -0.05) is 12.1 Å². The van der Waals surface area contributed by atoms with E-state index < -0.39 is 11.7 Å². The van der Waals surface area contributed by atoms with E-state index in [4.69, 9.17) is 26.7 Å². The summed E-state index contributed by atoms with van der Waals surface area (Å²) >= 11 is 0. The van der Waals surface area contributed by atoms with Crippen molar-refractivity contribution in [3.8, 4) is 16.9 Å². The summed E-state index contributed by atoms with van der Waals surface area (Å²) in [5, 5.41) is 0. The van der Waals surface area contributed by atoms with E-state index in [1.54, 1.807) is 29.2 Å². The van der Waals surface area contributed by atoms with Crippen molar-refractivity contribution in [1.82, 2.24) is 4.90 Å². The van der Waals surface area contributed by atoms with Gasteiger partial charge in [-0.05, 0) is 35.9 Å². The van der Waals surface area contributed by atoms with Gasteiger partial charge in [0.05, 0.1) is 19.8 Å². The number of ether oxygens (including phenoxy) is 2. The number of rotatable bonds is 5. The molecule has 1 fully saturated rings. The molecule has 1 heterocycles. The molecule has 1 amide bonds. The normalized spacial score (nSPS) is 14.9. The van der Waals surface area contributed by atoms with E-state index in [1.165, 1.54) is 18.2 Å². The lowest BCUT2D eigenvalue weighted by molar-refractivity contribution is 0.0303. The predicted molar refractivity (Wildman–Crippen MR) is 99.3 cm³/mol. The van der Waals surface area contributed by atoms with Crippen molar-refractivity contribution in [3.63, 3.8) is 0 Å². The van der Waals surface area contributed by atoms with Crippen LogP contribution in [0.25, 0.3) is 11.1 Å². The van der Waals surface area contributed by atoms with Gasteiger partial charge in [0.25, 0.3) is 5.91 Å². The van der Waals surface area contributed by atoms with Gasteiger partial charge in [-0.15, -0.1) is 0 Å². The molecule has 2 aromatic rings. The van der Waals surface area contributed by atoms with E-state index >= 15 is 0 Å². The molecule has 1 saturated heterocycles. The summed E-state index contributed by atoms with van der Waals surface area (Å²) in [4.78, 5) is 14.2. The standard InChI is InChI=1S/C19H23FN4O3/c20-17-6-5-15(27-19(22,23)12-21)11-16(17)13-1-3-14(4-2-13)18(25)24-7-9-26-10-8-24/h1-6,11H,7-10,12,21-23H2. The second kappa shape index (κ2) is 8.01. The van der Waals surface area contributed by atoms with E-state index in [9.17, 15) is 9.18 Å². The van der Waals surface area contributed by atoms with E-state index in [0.29, 0.717) is 48.7 Å². The van der Waals surface area contributed by atoms with Crippen molar-refractivity contribution < 1.29 is 18.7 Å². The molecule has 3 rings (SSSR count). The minimum Gasteiger partial charge on any atom is -0.459 e. The fourth-order valence-electron chi connectivity index (χ4n) is 2.79. The molecule has 0 spiro atoms. The van der Waals surface area contributed by atoms with Crippen LogP contribution in [0.15, 0.2) is 42.5 Å². The molecule has 1 aliphatic rings. The van der Waals surface area contributed by atoms with Crippen LogP contribution < -0.4 is 21.9 Å². The molecule has 1 aliphatic heterocycles. The summed E-state index contributed by atoms with van der Waals surface area (Å²) in [6.45, 7) is 2.10. The topological polar surface area (TPSA) is 117 Å². The molecule has 0 aliphatic carbocycles. The summed E-state index contributed by atoms with van der Waals surface area (Å²) in [6, 6.07) is 10.9. The minimum absolute atomic E-state index is 0.0681. The molecule has 27 heavy (non-hydrogen) atoms. The zero-order valence-corrected chi connectivity index (χ0v) is 14.9. The number of hydrogen-bond acceptors (Lipinski definition) is 6. The van der Waals surface area contributed by atoms with Crippen molar-refractivity contribution in [3.05, 3.63) is 53.8 Å². The summed E-state index contributed by atoms with van der Waals surface area (Å²) in [5.41, 5.74) is 18.3. The number of amides is 1. The lowest BCUT2D eigenvalue weighted by Crippen LogP contribution is -2.60. The molecule has 0 unspecified atom stereocenters. The van der Waals surface area contributed by atoms with Crippen LogP contribution >= 0.6 is 0 Å². The number of nitrogens with two attached hydrogens (primary N) is 3. The first-order chi connectivity index (χ1) is 12.9. The van der Waals surface area contributed by atoms with E-state index in [0.717, 1.165) is 0 Å². The average molecular weight is 374 g/mol. The fraction of sp³-hybridized carbons (Fsp3) is 0.316. The zero-order chi connectivity index (χ0) is 19.4. The van der Waals surface area contributed by atoms with Crippen LogP contribution in [0.5, 0.6) is 5.75 Å². The molecule has 8 heteroatoms. The fourth-order valence-corrected chi connectivity index (χ4v) is 2.79. The number of carbonyl (C=O) groups excluding carboxylic acids is 1. The van der Waals surface area contributed by atoms with Gasteiger partial charge in [-0.25, -0.2) is 4.39 Å². The Morgan fingerprint density at radius 2 is 1.81 bits per heavy atom. The van der Waals surface area contributed by atoms with Crippen LogP contribution in [-0.4, -0.2) is 49.5 Å². The number of hydrogen-bond donors (Lipinski definition) is 3. The number of halogens is 1. The van der Waals surface area contributed by atoms with Crippen LogP contribution in [0.1, 0.15) is 10.4 Å². The number of benzene rings is 2. The largest absolute Gasteiger partial charge is 0.459 e. The molecule has 0 saturated carbocycles. The Hall–Kier alpha value is -2.52. The summed E-state index contributed by atoms with van der Waals surface area (Å²) < 4.78 is 24.9. The molecule has 0 radical (unpaired) electrons. The van der Waals surface area contributed by atoms with Gasteiger partial charge in [0.15, 0.2) is 0 Å². The molecule has 2 aromatic carbocycles. The SMILES string of the molecule is NCC(N)(N)Oc1ccc(F)c(-c2ccc(C(=O)N3CCOCC3)cc2)c1. The van der Waals surface area contributed by atoms with Gasteiger partial charge >= 0.3 is 0 Å². The lowest BCUT2D eigenvalue weighted by atomic mass is 10.0. The molecular weight excluding hydrogens is 351 g/mol. The van der Waals surface area contributed by atoms with Crippen molar-refractivity contribution >= 4 is 5.91 Å². The van der Waals surface area contributed by atoms with Gasteiger partial charge in [-0.2, -0.15) is 0 Å². The second-order valence-corrected chi connectivity index (χ2v) is 6.38. The average Bonchev–Trinajstić information content (AvgIpc) is 2.69. The first kappa shape index (κ1) is 19.2. The minimum atomic E-state index is -1.54. The van der Waals surface area contributed by atoms with Crippen LogP contribution in [0, 0.1) is 5.82 Å². The van der Waals surface area contributed by atoms with Crippen LogP contribution in [0.3, 0.4) is 0 Å². The zero-order valence-electron chi connectivity index (χ0n) is 14.9. The molecule has 0 bridgehead atoms. The number of carbonyl (C=O) groups is 1. The van der Waals surface area contributed by atoms with Crippen LogP contribution in [0.4, 0.5) is 4.39 Å². The Morgan fingerprint density at radius 1 is 1.15 bits per heavy atom. The Bertz CT molecular complexity index is 805. The third kappa shape index (κ3) is 4.61. The molecule has 7 nitrogen and oxygen atoms in total. The highest BCUT2D eigenvalue weighted by Gasteiger charge is 2.20. The summed E-state index contributed by atoms with van der Waals surface area (Å²) in [7, 11) is 0. The maximum Gasteiger partial charge on any atom is 0.254 e. The number of morpholine rings is 1. The van der Waals surface area contributed by atoms with Crippen LogP contribution in [0.2, 0.25) is 0 Å². The van der Waals surface area contributed by atoms with E-state index in [1.807, 2.05) is 0 Å². The van der Waals surface area contributed by atoms with E-state index in [2.05, 4.69) is 0 Å². The first-order valence-electron chi connectivity index (χ1n) is 8.63. The van der Waals surface area contributed by atoms with Gasteiger partial charge < -0.3 is 20.1 Å². The maximum atomic E-state index is 14.3. The maximum absolute atomic E-state index is 14.3.